The Labute approximate surface area is 136 Å². The van der Waals surface area contributed by atoms with Gasteiger partial charge in [-0.2, -0.15) is 0 Å². The summed E-state index contributed by atoms with van der Waals surface area (Å²) >= 11 is 0. The van der Waals surface area contributed by atoms with Gasteiger partial charge in [-0.25, -0.2) is 19.7 Å². The highest BCUT2D eigenvalue weighted by molar-refractivity contribution is 5.61. The molecular formula is C16H12N4O4. The van der Waals surface area contributed by atoms with Gasteiger partial charge in [0.15, 0.2) is 0 Å². The van der Waals surface area contributed by atoms with Crippen LogP contribution in [0.2, 0.25) is 0 Å². The third-order valence-corrected chi connectivity index (χ3v) is 2.82. The van der Waals surface area contributed by atoms with E-state index >= 15 is 0 Å². The van der Waals surface area contributed by atoms with Crippen LogP contribution in [0.5, 0.6) is 17.5 Å². The van der Waals surface area contributed by atoms with Gasteiger partial charge in [0, 0.05) is 24.3 Å². The molecule has 0 aliphatic heterocycles. The number of benzene rings is 1. The Kier molecular flexibility index (Phi) is 4.47. The van der Waals surface area contributed by atoms with Crippen LogP contribution < -0.4 is 14.8 Å². The van der Waals surface area contributed by atoms with Gasteiger partial charge in [-0.15, -0.1) is 0 Å². The first-order valence-electron chi connectivity index (χ1n) is 6.88. The van der Waals surface area contributed by atoms with Gasteiger partial charge in [-0.1, -0.05) is 6.07 Å². The number of rotatable bonds is 5. The molecule has 0 aliphatic rings. The molecule has 2 N–H and O–H groups in total. The predicted octanol–water partition coefficient (Wildman–Crippen LogP) is 3.46. The largest absolute Gasteiger partial charge is 0.512 e. The average Bonchev–Trinajstić information content (AvgIpc) is 2.59. The molecule has 3 aromatic rings. The second-order valence-electron chi connectivity index (χ2n) is 4.50. The van der Waals surface area contributed by atoms with Gasteiger partial charge < -0.3 is 19.9 Å². The van der Waals surface area contributed by atoms with Crippen LogP contribution in [-0.2, 0) is 0 Å². The second kappa shape index (κ2) is 7.05. The zero-order valence-electron chi connectivity index (χ0n) is 12.3. The summed E-state index contributed by atoms with van der Waals surface area (Å²) in [4.78, 5) is 22.5. The van der Waals surface area contributed by atoms with Crippen LogP contribution in [0.25, 0.3) is 0 Å². The maximum atomic E-state index is 10.6. The molecule has 1 aromatic carbocycles. The number of hydrogen-bond acceptors (Lipinski definition) is 7. The molecule has 24 heavy (non-hydrogen) atoms. The summed E-state index contributed by atoms with van der Waals surface area (Å²) in [5.41, 5.74) is 0.821. The van der Waals surface area contributed by atoms with Crippen molar-refractivity contribution in [1.29, 1.82) is 0 Å². The monoisotopic (exact) mass is 324 g/mol. The number of carbonyl (C=O) groups is 1. The fourth-order valence-electron chi connectivity index (χ4n) is 1.84. The zero-order chi connectivity index (χ0) is 16.8. The second-order valence-corrected chi connectivity index (χ2v) is 4.50. The van der Waals surface area contributed by atoms with E-state index in [1.807, 2.05) is 18.2 Å². The fourth-order valence-corrected chi connectivity index (χ4v) is 1.84. The molecule has 0 saturated heterocycles. The van der Waals surface area contributed by atoms with Gasteiger partial charge in [0.1, 0.15) is 11.6 Å². The number of aromatic nitrogens is 3. The Hall–Kier alpha value is -3.68. The number of anilines is 2. The minimum absolute atomic E-state index is 0.0367. The van der Waals surface area contributed by atoms with Crippen molar-refractivity contribution in [2.45, 2.75) is 0 Å². The zero-order valence-corrected chi connectivity index (χ0v) is 12.3. The lowest BCUT2D eigenvalue weighted by atomic mass is 10.3. The van der Waals surface area contributed by atoms with E-state index in [4.69, 9.17) is 9.84 Å². The molecule has 0 aliphatic carbocycles. The quantitative estimate of drug-likeness (QED) is 0.687. The van der Waals surface area contributed by atoms with Crippen LogP contribution in [0.3, 0.4) is 0 Å². The van der Waals surface area contributed by atoms with Crippen molar-refractivity contribution in [3.8, 4) is 17.5 Å². The smallest absolute Gasteiger partial charge is 0.449 e. The normalized spacial score (nSPS) is 10.0. The molecule has 0 fully saturated rings. The maximum absolute atomic E-state index is 10.6. The average molecular weight is 324 g/mol. The van der Waals surface area contributed by atoms with Crippen molar-refractivity contribution < 1.29 is 19.4 Å². The van der Waals surface area contributed by atoms with Crippen LogP contribution >= 0.6 is 0 Å². The third-order valence-electron chi connectivity index (χ3n) is 2.82. The first-order valence-corrected chi connectivity index (χ1v) is 6.88. The van der Waals surface area contributed by atoms with E-state index in [1.54, 1.807) is 30.5 Å². The lowest BCUT2D eigenvalue weighted by molar-refractivity contribution is 0.140. The number of nitrogens with one attached hydrogen (secondary N) is 1. The predicted molar refractivity (Wildman–Crippen MR) is 84.7 cm³/mol. The van der Waals surface area contributed by atoms with E-state index in [2.05, 4.69) is 25.0 Å². The molecule has 0 atom stereocenters. The first kappa shape index (κ1) is 15.2. The van der Waals surface area contributed by atoms with Gasteiger partial charge in [-0.05, 0) is 36.4 Å². The summed E-state index contributed by atoms with van der Waals surface area (Å²) < 4.78 is 10.0. The highest BCUT2D eigenvalue weighted by Crippen LogP contribution is 2.28. The summed E-state index contributed by atoms with van der Waals surface area (Å²) in [6, 6.07) is 12.5. The van der Waals surface area contributed by atoms with E-state index in [1.165, 1.54) is 12.4 Å². The molecule has 0 bridgehead atoms. The third kappa shape index (κ3) is 3.95. The number of hydrogen-bond donors (Lipinski definition) is 2. The minimum atomic E-state index is -1.49. The highest BCUT2D eigenvalue weighted by atomic mass is 16.7. The standard InChI is InChI=1S/C16H12N4O4/c21-16(22)24-15-14(18-9-10-19-15)23-12-6-4-11(5-7-12)20-13-3-1-2-8-17-13/h1-10H,(H,17,20)(H,21,22). The lowest BCUT2D eigenvalue weighted by Gasteiger charge is -2.09. The Bertz CT molecular complexity index is 825. The molecule has 8 nitrogen and oxygen atoms in total. The Morgan fingerprint density at radius 2 is 1.67 bits per heavy atom. The van der Waals surface area contributed by atoms with Gasteiger partial charge in [-0.3, -0.25) is 0 Å². The lowest BCUT2D eigenvalue weighted by Crippen LogP contribution is -2.06. The maximum Gasteiger partial charge on any atom is 0.512 e. The van der Waals surface area contributed by atoms with E-state index in [9.17, 15) is 4.79 Å². The number of pyridine rings is 1. The van der Waals surface area contributed by atoms with Gasteiger partial charge in [0.25, 0.3) is 11.8 Å². The molecule has 2 heterocycles. The molecule has 0 unspecified atom stereocenters. The number of nitrogens with zero attached hydrogens (tertiary/aromatic N) is 3. The minimum Gasteiger partial charge on any atom is -0.449 e. The molecular weight excluding hydrogens is 312 g/mol. The molecule has 0 radical (unpaired) electrons. The van der Waals surface area contributed by atoms with Crippen LogP contribution in [0, 0.1) is 0 Å². The summed E-state index contributed by atoms with van der Waals surface area (Å²) in [6.07, 6.45) is 2.89. The van der Waals surface area contributed by atoms with Crippen LogP contribution in [-0.4, -0.2) is 26.2 Å². The highest BCUT2D eigenvalue weighted by Gasteiger charge is 2.12. The van der Waals surface area contributed by atoms with Crippen LogP contribution in [0.1, 0.15) is 0 Å². The molecule has 0 spiro atoms. The van der Waals surface area contributed by atoms with Gasteiger partial charge in [0.05, 0.1) is 0 Å². The van der Waals surface area contributed by atoms with Crippen molar-refractivity contribution in [3.05, 3.63) is 61.1 Å². The van der Waals surface area contributed by atoms with Crippen molar-refractivity contribution >= 4 is 17.7 Å². The van der Waals surface area contributed by atoms with Crippen molar-refractivity contribution in [2.75, 3.05) is 5.32 Å². The van der Waals surface area contributed by atoms with E-state index in [0.29, 0.717) is 5.75 Å². The fraction of sp³-hybridized carbons (Fsp3) is 0. The molecule has 0 saturated carbocycles. The first-order chi connectivity index (χ1) is 11.7. The van der Waals surface area contributed by atoms with Crippen molar-refractivity contribution in [3.63, 3.8) is 0 Å². The van der Waals surface area contributed by atoms with E-state index < -0.39 is 6.16 Å². The number of ether oxygens (including phenoxy) is 2. The van der Waals surface area contributed by atoms with Crippen molar-refractivity contribution in [1.82, 2.24) is 15.0 Å². The molecule has 2 aromatic heterocycles. The Morgan fingerprint density at radius 3 is 2.33 bits per heavy atom. The molecule has 8 heteroatoms. The summed E-state index contributed by atoms with van der Waals surface area (Å²) in [5, 5.41) is 11.8. The Morgan fingerprint density at radius 1 is 0.917 bits per heavy atom. The van der Waals surface area contributed by atoms with Crippen LogP contribution in [0.15, 0.2) is 61.1 Å². The molecule has 3 rings (SSSR count). The van der Waals surface area contributed by atoms with Gasteiger partial charge >= 0.3 is 6.16 Å². The summed E-state index contributed by atoms with van der Waals surface area (Å²) in [6.45, 7) is 0. The van der Waals surface area contributed by atoms with Crippen molar-refractivity contribution in [2.24, 2.45) is 0 Å². The van der Waals surface area contributed by atoms with Crippen LogP contribution in [0.4, 0.5) is 16.3 Å². The molecule has 120 valence electrons. The van der Waals surface area contributed by atoms with Gasteiger partial charge in [0.2, 0.25) is 0 Å². The summed E-state index contributed by atoms with van der Waals surface area (Å²) in [7, 11) is 0. The number of carboxylic acid groups (broad SMARTS) is 1. The Balaban J connectivity index is 1.72. The van der Waals surface area contributed by atoms with E-state index in [0.717, 1.165) is 11.5 Å². The van der Waals surface area contributed by atoms with E-state index in [-0.39, 0.29) is 11.8 Å². The molecule has 0 amide bonds. The SMILES string of the molecule is O=C(O)Oc1nccnc1Oc1ccc(Nc2ccccn2)cc1. The topological polar surface area (TPSA) is 106 Å². The summed E-state index contributed by atoms with van der Waals surface area (Å²) in [5.74, 6) is 0.917.